The summed E-state index contributed by atoms with van der Waals surface area (Å²) in [6, 6.07) is 8.54. The molecule has 0 aliphatic heterocycles. The number of amides is 1. The molecule has 0 saturated carbocycles. The van der Waals surface area contributed by atoms with Crippen LogP contribution in [0.1, 0.15) is 11.1 Å². The molecule has 2 rings (SSSR count). The zero-order chi connectivity index (χ0) is 19.8. The van der Waals surface area contributed by atoms with Gasteiger partial charge in [-0.2, -0.15) is 5.10 Å². The molecule has 8 heteroatoms. The van der Waals surface area contributed by atoms with E-state index in [-0.39, 0.29) is 6.61 Å². The fourth-order valence-electron chi connectivity index (χ4n) is 2.22. The Hall–Kier alpha value is -2.93. The van der Waals surface area contributed by atoms with Gasteiger partial charge in [0.2, 0.25) is 0 Å². The van der Waals surface area contributed by atoms with Gasteiger partial charge in [0.1, 0.15) is 11.5 Å². The third kappa shape index (κ3) is 5.52. The molecule has 0 heterocycles. The van der Waals surface area contributed by atoms with Crippen LogP contribution in [-0.4, -0.2) is 40.1 Å². The van der Waals surface area contributed by atoms with Crippen LogP contribution >= 0.6 is 11.6 Å². The first-order chi connectivity index (χ1) is 13.0. The molecule has 2 aromatic carbocycles. The van der Waals surface area contributed by atoms with Gasteiger partial charge in [-0.05, 0) is 36.8 Å². The summed E-state index contributed by atoms with van der Waals surface area (Å²) in [6.45, 7) is 1.68. The summed E-state index contributed by atoms with van der Waals surface area (Å²) in [5.41, 5.74) is 3.88. The van der Waals surface area contributed by atoms with E-state index in [1.807, 2.05) is 6.92 Å². The fraction of sp³-hybridized carbons (Fsp3) is 0.263. The van der Waals surface area contributed by atoms with Gasteiger partial charge in [-0.15, -0.1) is 0 Å². The topological polar surface area (TPSA) is 78.4 Å². The Bertz CT molecular complexity index is 839. The number of methoxy groups -OCH3 is 3. The van der Waals surface area contributed by atoms with Crippen molar-refractivity contribution in [3.63, 3.8) is 0 Å². The maximum absolute atomic E-state index is 11.9. The predicted octanol–water partition coefficient (Wildman–Crippen LogP) is 3.20. The molecule has 0 bridgehead atoms. The molecule has 0 unspecified atom stereocenters. The number of ether oxygens (including phenoxy) is 4. The fourth-order valence-corrected chi connectivity index (χ4v) is 2.33. The highest BCUT2D eigenvalue weighted by atomic mass is 35.5. The summed E-state index contributed by atoms with van der Waals surface area (Å²) in [5, 5.41) is 4.56. The van der Waals surface area contributed by atoms with Gasteiger partial charge in [0.25, 0.3) is 5.91 Å². The molecule has 0 spiro atoms. The van der Waals surface area contributed by atoms with Crippen molar-refractivity contribution in [2.24, 2.45) is 5.10 Å². The molecule has 0 aliphatic rings. The van der Waals surface area contributed by atoms with Crippen LogP contribution in [0.5, 0.6) is 23.0 Å². The van der Waals surface area contributed by atoms with Crippen molar-refractivity contribution in [2.45, 2.75) is 6.92 Å². The summed E-state index contributed by atoms with van der Waals surface area (Å²) in [7, 11) is 4.59. The van der Waals surface area contributed by atoms with E-state index in [1.54, 1.807) is 30.3 Å². The quantitative estimate of drug-likeness (QED) is 0.551. The molecule has 144 valence electrons. The van der Waals surface area contributed by atoms with Crippen LogP contribution < -0.4 is 24.4 Å². The number of hydrazone groups is 1. The van der Waals surface area contributed by atoms with Gasteiger partial charge in [-0.1, -0.05) is 11.6 Å². The highest BCUT2D eigenvalue weighted by Crippen LogP contribution is 2.33. The first kappa shape index (κ1) is 20.4. The van der Waals surface area contributed by atoms with Crippen molar-refractivity contribution in [2.75, 3.05) is 27.9 Å². The summed E-state index contributed by atoms with van der Waals surface area (Å²) in [5.74, 6) is 1.73. The second kappa shape index (κ2) is 9.68. The van der Waals surface area contributed by atoms with Crippen molar-refractivity contribution >= 4 is 23.7 Å². The molecule has 0 aliphatic carbocycles. The second-order valence-electron chi connectivity index (χ2n) is 5.44. The van der Waals surface area contributed by atoms with Crippen molar-refractivity contribution in [1.82, 2.24) is 5.43 Å². The lowest BCUT2D eigenvalue weighted by molar-refractivity contribution is -0.123. The lowest BCUT2D eigenvalue weighted by Gasteiger charge is -2.11. The largest absolute Gasteiger partial charge is 0.496 e. The van der Waals surface area contributed by atoms with Gasteiger partial charge in [-0.3, -0.25) is 4.79 Å². The van der Waals surface area contributed by atoms with Crippen LogP contribution in [0.4, 0.5) is 0 Å². The minimum absolute atomic E-state index is 0.179. The van der Waals surface area contributed by atoms with E-state index < -0.39 is 5.91 Å². The zero-order valence-corrected chi connectivity index (χ0v) is 16.3. The Morgan fingerprint density at radius 3 is 2.37 bits per heavy atom. The van der Waals surface area contributed by atoms with E-state index in [4.69, 9.17) is 30.5 Å². The predicted molar refractivity (Wildman–Crippen MR) is 104 cm³/mol. The number of hydrogen-bond acceptors (Lipinski definition) is 6. The molecule has 1 amide bonds. The average Bonchev–Trinajstić information content (AvgIpc) is 2.68. The molecule has 0 radical (unpaired) electrons. The number of rotatable bonds is 8. The van der Waals surface area contributed by atoms with Gasteiger partial charge in [-0.25, -0.2) is 5.43 Å². The van der Waals surface area contributed by atoms with Crippen LogP contribution in [0.3, 0.4) is 0 Å². The molecule has 0 aromatic heterocycles. The SMILES string of the molecule is COc1cc(OC)c(OC)cc1/C=N/NC(=O)COc1ccc(Cl)c(C)c1. The van der Waals surface area contributed by atoms with Crippen LogP contribution in [0.15, 0.2) is 35.4 Å². The molecular formula is C19H21ClN2O5. The maximum Gasteiger partial charge on any atom is 0.277 e. The number of halogens is 1. The number of carbonyl (C=O) groups is 1. The van der Waals surface area contributed by atoms with E-state index >= 15 is 0 Å². The van der Waals surface area contributed by atoms with Crippen LogP contribution in [0.25, 0.3) is 0 Å². The van der Waals surface area contributed by atoms with Crippen molar-refractivity contribution in [1.29, 1.82) is 0 Å². The number of hydrogen-bond donors (Lipinski definition) is 1. The van der Waals surface area contributed by atoms with Crippen LogP contribution in [-0.2, 0) is 4.79 Å². The molecule has 0 saturated heterocycles. The average molecular weight is 393 g/mol. The van der Waals surface area contributed by atoms with E-state index in [0.717, 1.165) is 5.56 Å². The van der Waals surface area contributed by atoms with E-state index in [9.17, 15) is 4.79 Å². The lowest BCUT2D eigenvalue weighted by atomic mass is 10.2. The summed E-state index contributed by atoms with van der Waals surface area (Å²) in [6.07, 6.45) is 1.45. The van der Waals surface area contributed by atoms with E-state index in [1.165, 1.54) is 27.5 Å². The third-order valence-electron chi connectivity index (χ3n) is 3.63. The minimum atomic E-state index is -0.404. The van der Waals surface area contributed by atoms with E-state index in [2.05, 4.69) is 10.5 Å². The molecule has 0 fully saturated rings. The Morgan fingerprint density at radius 2 is 1.74 bits per heavy atom. The Kier molecular flexibility index (Phi) is 7.31. The summed E-state index contributed by atoms with van der Waals surface area (Å²) < 4.78 is 21.2. The normalized spacial score (nSPS) is 10.6. The molecule has 1 N–H and O–H groups in total. The Balaban J connectivity index is 1.97. The van der Waals surface area contributed by atoms with Crippen molar-refractivity contribution in [3.8, 4) is 23.0 Å². The Morgan fingerprint density at radius 1 is 1.07 bits per heavy atom. The molecular weight excluding hydrogens is 372 g/mol. The molecule has 0 atom stereocenters. The van der Waals surface area contributed by atoms with Crippen LogP contribution in [0, 0.1) is 6.92 Å². The highest BCUT2D eigenvalue weighted by molar-refractivity contribution is 6.31. The van der Waals surface area contributed by atoms with Gasteiger partial charge in [0.05, 0.1) is 27.5 Å². The zero-order valence-electron chi connectivity index (χ0n) is 15.5. The van der Waals surface area contributed by atoms with Gasteiger partial charge >= 0.3 is 0 Å². The van der Waals surface area contributed by atoms with Crippen LogP contribution in [0.2, 0.25) is 5.02 Å². The standard InChI is InChI=1S/C19H21ClN2O5/c1-12-7-14(5-6-15(12)20)27-11-19(23)22-21-10-13-8-17(25-3)18(26-4)9-16(13)24-2/h5-10H,11H2,1-4H3,(H,22,23)/b21-10+. The number of aryl methyl sites for hydroxylation is 1. The van der Waals surface area contributed by atoms with Gasteiger partial charge in [0.15, 0.2) is 18.1 Å². The van der Waals surface area contributed by atoms with Gasteiger partial charge in [0, 0.05) is 16.7 Å². The highest BCUT2D eigenvalue weighted by Gasteiger charge is 2.10. The van der Waals surface area contributed by atoms with Crippen molar-refractivity contribution < 1.29 is 23.7 Å². The third-order valence-corrected chi connectivity index (χ3v) is 4.05. The smallest absolute Gasteiger partial charge is 0.277 e. The first-order valence-corrected chi connectivity index (χ1v) is 8.37. The minimum Gasteiger partial charge on any atom is -0.496 e. The maximum atomic E-state index is 11.9. The van der Waals surface area contributed by atoms with Crippen molar-refractivity contribution in [3.05, 3.63) is 46.5 Å². The number of carbonyl (C=O) groups excluding carboxylic acids is 1. The van der Waals surface area contributed by atoms with Gasteiger partial charge < -0.3 is 18.9 Å². The summed E-state index contributed by atoms with van der Waals surface area (Å²) in [4.78, 5) is 11.9. The monoisotopic (exact) mass is 392 g/mol. The number of benzene rings is 2. The molecule has 7 nitrogen and oxygen atoms in total. The number of nitrogens with one attached hydrogen (secondary N) is 1. The number of nitrogens with zero attached hydrogens (tertiary/aromatic N) is 1. The molecule has 27 heavy (non-hydrogen) atoms. The van der Waals surface area contributed by atoms with E-state index in [0.29, 0.717) is 33.6 Å². The molecule has 2 aromatic rings. The Labute approximate surface area is 162 Å². The summed E-state index contributed by atoms with van der Waals surface area (Å²) >= 11 is 5.95. The first-order valence-electron chi connectivity index (χ1n) is 7.99. The lowest BCUT2D eigenvalue weighted by Crippen LogP contribution is -2.24. The second-order valence-corrected chi connectivity index (χ2v) is 5.85.